The quantitative estimate of drug-likeness (QED) is 0.814. The highest BCUT2D eigenvalue weighted by atomic mass is 35.5. The number of benzene rings is 1. The van der Waals surface area contributed by atoms with Gasteiger partial charge in [-0.1, -0.05) is 19.9 Å². The lowest BCUT2D eigenvalue weighted by Gasteiger charge is -2.31. The first-order valence-electron chi connectivity index (χ1n) is 7.10. The molecule has 8 heteroatoms. The van der Waals surface area contributed by atoms with E-state index < -0.39 is 15.6 Å². The summed E-state index contributed by atoms with van der Waals surface area (Å²) in [5, 5.41) is 0. The van der Waals surface area contributed by atoms with Crippen molar-refractivity contribution >= 4 is 22.4 Å². The van der Waals surface area contributed by atoms with Crippen LogP contribution < -0.4 is 19.9 Å². The Bertz CT molecular complexity index is 595. The van der Waals surface area contributed by atoms with Gasteiger partial charge >= 0.3 is 0 Å². The number of para-hydroxylation sites is 1. The smallest absolute Gasteiger partial charge is 0.244 e. The number of hydrogen-bond acceptors (Lipinski definition) is 5. The molecule has 0 aliphatic carbocycles. The summed E-state index contributed by atoms with van der Waals surface area (Å²) in [7, 11) is -3.73. The van der Waals surface area contributed by atoms with Crippen molar-refractivity contribution in [2.45, 2.75) is 37.1 Å². The van der Waals surface area contributed by atoms with Gasteiger partial charge in [-0.15, -0.1) is 12.4 Å². The first-order chi connectivity index (χ1) is 9.98. The average molecular weight is 351 g/mol. The van der Waals surface area contributed by atoms with E-state index in [9.17, 15) is 8.42 Å². The zero-order chi connectivity index (χ0) is 15.5. The molecule has 0 bridgehead atoms. The second-order valence-corrected chi connectivity index (χ2v) is 6.73. The fraction of sp³-hybridized carbons (Fsp3) is 0.571. The maximum atomic E-state index is 12.7. The average Bonchev–Trinajstić information content (AvgIpc) is 2.52. The van der Waals surface area contributed by atoms with E-state index in [1.165, 1.54) is 6.07 Å². The van der Waals surface area contributed by atoms with Gasteiger partial charge in [0.05, 0.1) is 0 Å². The van der Waals surface area contributed by atoms with Crippen LogP contribution in [0.5, 0.6) is 11.5 Å². The molecule has 0 fully saturated rings. The molecule has 6 nitrogen and oxygen atoms in total. The molecule has 1 aliphatic rings. The van der Waals surface area contributed by atoms with Gasteiger partial charge in [0.1, 0.15) is 18.1 Å². The highest BCUT2D eigenvalue weighted by Gasteiger charge is 2.33. The van der Waals surface area contributed by atoms with Crippen molar-refractivity contribution < 1.29 is 17.9 Å². The summed E-state index contributed by atoms with van der Waals surface area (Å²) in [4.78, 5) is 0.0967. The summed E-state index contributed by atoms with van der Waals surface area (Å²) >= 11 is 0. The number of sulfonamides is 1. The molecule has 0 saturated carbocycles. The van der Waals surface area contributed by atoms with Crippen LogP contribution in [-0.2, 0) is 10.0 Å². The molecule has 22 heavy (non-hydrogen) atoms. The Labute approximate surface area is 137 Å². The van der Waals surface area contributed by atoms with Gasteiger partial charge in [-0.25, -0.2) is 13.1 Å². The summed E-state index contributed by atoms with van der Waals surface area (Å²) in [6.07, 6.45) is 1.23. The third kappa shape index (κ3) is 3.65. The van der Waals surface area contributed by atoms with Crippen molar-refractivity contribution in [2.75, 3.05) is 19.8 Å². The fourth-order valence-corrected chi connectivity index (χ4v) is 4.04. The maximum Gasteiger partial charge on any atom is 0.244 e. The topological polar surface area (TPSA) is 90.7 Å². The van der Waals surface area contributed by atoms with Gasteiger partial charge in [0.2, 0.25) is 10.0 Å². The molecule has 126 valence electrons. The summed E-state index contributed by atoms with van der Waals surface area (Å²) in [6.45, 7) is 4.83. The lowest BCUT2D eigenvalue weighted by molar-refractivity contribution is 0.167. The first-order valence-corrected chi connectivity index (χ1v) is 8.59. The maximum absolute atomic E-state index is 12.7. The van der Waals surface area contributed by atoms with Crippen molar-refractivity contribution in [1.29, 1.82) is 0 Å². The second kappa shape index (κ2) is 7.50. The fourth-order valence-electron chi connectivity index (χ4n) is 2.32. The van der Waals surface area contributed by atoms with Crippen LogP contribution in [0.2, 0.25) is 0 Å². The van der Waals surface area contributed by atoms with E-state index in [-0.39, 0.29) is 29.6 Å². The van der Waals surface area contributed by atoms with Crippen LogP contribution in [0, 0.1) is 0 Å². The van der Waals surface area contributed by atoms with E-state index in [1.807, 2.05) is 13.8 Å². The Kier molecular flexibility index (Phi) is 6.49. The number of ether oxygens (including phenoxy) is 2. The highest BCUT2D eigenvalue weighted by molar-refractivity contribution is 7.89. The van der Waals surface area contributed by atoms with Crippen LogP contribution in [0.25, 0.3) is 0 Å². The highest BCUT2D eigenvalue weighted by Crippen LogP contribution is 2.36. The van der Waals surface area contributed by atoms with Crippen molar-refractivity contribution in [2.24, 2.45) is 5.73 Å². The molecular weight excluding hydrogens is 328 g/mol. The molecule has 1 aromatic carbocycles. The summed E-state index contributed by atoms with van der Waals surface area (Å²) in [5.74, 6) is 0.727. The Morgan fingerprint density at radius 2 is 1.86 bits per heavy atom. The molecule has 0 unspecified atom stereocenters. The van der Waals surface area contributed by atoms with E-state index >= 15 is 0 Å². The third-order valence-corrected chi connectivity index (χ3v) is 5.52. The van der Waals surface area contributed by atoms with Gasteiger partial charge in [0, 0.05) is 12.1 Å². The first kappa shape index (κ1) is 19.0. The van der Waals surface area contributed by atoms with E-state index in [0.29, 0.717) is 31.8 Å². The lowest BCUT2D eigenvalue weighted by Crippen LogP contribution is -2.52. The minimum Gasteiger partial charge on any atom is -0.486 e. The van der Waals surface area contributed by atoms with Crippen molar-refractivity contribution in [3.8, 4) is 11.5 Å². The molecule has 0 radical (unpaired) electrons. The molecule has 1 aromatic rings. The van der Waals surface area contributed by atoms with E-state index in [0.717, 1.165) is 0 Å². The van der Waals surface area contributed by atoms with Crippen LogP contribution in [-0.4, -0.2) is 33.7 Å². The minimum absolute atomic E-state index is 0. The van der Waals surface area contributed by atoms with Crippen LogP contribution in [0.15, 0.2) is 23.1 Å². The molecule has 0 atom stereocenters. The van der Waals surface area contributed by atoms with E-state index in [4.69, 9.17) is 15.2 Å². The van der Waals surface area contributed by atoms with Gasteiger partial charge in [-0.2, -0.15) is 0 Å². The zero-order valence-electron chi connectivity index (χ0n) is 12.8. The lowest BCUT2D eigenvalue weighted by atomic mass is 9.95. The monoisotopic (exact) mass is 350 g/mol. The Balaban J connectivity index is 0.00000242. The Morgan fingerprint density at radius 3 is 2.45 bits per heavy atom. The molecule has 0 amide bonds. The third-order valence-electron chi connectivity index (χ3n) is 3.91. The largest absolute Gasteiger partial charge is 0.486 e. The zero-order valence-corrected chi connectivity index (χ0v) is 14.4. The number of nitrogens with two attached hydrogens (primary N) is 1. The molecule has 3 N–H and O–H groups in total. The van der Waals surface area contributed by atoms with Gasteiger partial charge in [-0.3, -0.25) is 0 Å². The van der Waals surface area contributed by atoms with E-state index in [1.54, 1.807) is 12.1 Å². The van der Waals surface area contributed by atoms with Gasteiger partial charge in [0.25, 0.3) is 0 Å². The summed E-state index contributed by atoms with van der Waals surface area (Å²) in [5.41, 5.74) is 5.13. The number of fused-ring (bicyclic) bond motifs is 1. The van der Waals surface area contributed by atoms with Crippen LogP contribution >= 0.6 is 12.4 Å². The van der Waals surface area contributed by atoms with Crippen molar-refractivity contribution in [3.63, 3.8) is 0 Å². The number of hydrogen-bond donors (Lipinski definition) is 2. The molecule has 0 spiro atoms. The van der Waals surface area contributed by atoms with E-state index in [2.05, 4.69) is 4.72 Å². The molecule has 2 rings (SSSR count). The molecule has 1 heterocycles. The molecule has 1 aliphatic heterocycles. The van der Waals surface area contributed by atoms with Crippen LogP contribution in [0.3, 0.4) is 0 Å². The Morgan fingerprint density at radius 1 is 1.23 bits per heavy atom. The SMILES string of the molecule is CCC(CC)(CN)NS(=O)(=O)c1cccc2c1OCCO2.Cl. The van der Waals surface area contributed by atoms with Gasteiger partial charge in [0.15, 0.2) is 11.5 Å². The molecular formula is C14H23ClN2O4S. The number of halogens is 1. The summed E-state index contributed by atoms with van der Waals surface area (Å²) in [6, 6.07) is 4.86. The standard InChI is InChI=1S/C14H22N2O4S.ClH/c1-3-14(4-2,10-15)16-21(17,18)12-7-5-6-11-13(12)20-9-8-19-11;/h5-7,16H,3-4,8-10,15H2,1-2H3;1H. The van der Waals surface area contributed by atoms with Crippen molar-refractivity contribution in [1.82, 2.24) is 4.72 Å². The van der Waals surface area contributed by atoms with Gasteiger partial charge in [-0.05, 0) is 25.0 Å². The normalized spacial score (nSPS) is 14.3. The summed E-state index contributed by atoms with van der Waals surface area (Å²) < 4.78 is 39.0. The second-order valence-electron chi connectivity index (χ2n) is 5.08. The minimum atomic E-state index is -3.73. The van der Waals surface area contributed by atoms with Crippen LogP contribution in [0.4, 0.5) is 0 Å². The predicted molar refractivity (Wildman–Crippen MR) is 87.4 cm³/mol. The van der Waals surface area contributed by atoms with Gasteiger partial charge < -0.3 is 15.2 Å². The predicted octanol–water partition coefficient (Wildman–Crippen LogP) is 1.68. The number of rotatable bonds is 6. The molecule has 0 aromatic heterocycles. The Hall–Kier alpha value is -1.02. The van der Waals surface area contributed by atoms with Crippen molar-refractivity contribution in [3.05, 3.63) is 18.2 Å². The molecule has 0 saturated heterocycles. The number of nitrogens with one attached hydrogen (secondary N) is 1. The van der Waals surface area contributed by atoms with Crippen LogP contribution in [0.1, 0.15) is 26.7 Å².